The third-order valence-electron chi connectivity index (χ3n) is 8.37. The molecule has 2 aliphatic rings. The predicted molar refractivity (Wildman–Crippen MR) is 168 cm³/mol. The van der Waals surface area contributed by atoms with E-state index in [0.29, 0.717) is 37.8 Å². The van der Waals surface area contributed by atoms with Gasteiger partial charge in [0, 0.05) is 38.1 Å². The maximum atomic E-state index is 13.1. The third kappa shape index (κ3) is 6.77. The lowest BCUT2D eigenvalue weighted by Crippen LogP contribution is -2.46. The molecule has 2 saturated heterocycles. The molecular formula is C32H35F3N8O5. The Hall–Kier alpha value is -4.80. The molecule has 0 aliphatic carbocycles. The van der Waals surface area contributed by atoms with Crippen LogP contribution >= 0.6 is 0 Å². The zero-order valence-electron chi connectivity index (χ0n) is 25.9. The molecule has 48 heavy (non-hydrogen) atoms. The summed E-state index contributed by atoms with van der Waals surface area (Å²) in [5.41, 5.74) is 8.76. The van der Waals surface area contributed by atoms with E-state index in [2.05, 4.69) is 20.4 Å². The van der Waals surface area contributed by atoms with Gasteiger partial charge in [0.05, 0.1) is 6.33 Å². The number of hydrogen-bond acceptors (Lipinski definition) is 11. The number of amides is 1. The van der Waals surface area contributed by atoms with Gasteiger partial charge in [0.1, 0.15) is 6.10 Å². The van der Waals surface area contributed by atoms with Crippen molar-refractivity contribution in [3.05, 3.63) is 78.1 Å². The minimum atomic E-state index is -5.36. The summed E-state index contributed by atoms with van der Waals surface area (Å²) in [6.45, 7) is 3.17. The van der Waals surface area contributed by atoms with Gasteiger partial charge in [-0.25, -0.2) is 9.78 Å². The van der Waals surface area contributed by atoms with Crippen LogP contribution in [0.1, 0.15) is 36.6 Å². The lowest BCUT2D eigenvalue weighted by atomic mass is 9.91. The van der Waals surface area contributed by atoms with E-state index >= 15 is 0 Å². The monoisotopic (exact) mass is 668 g/mol. The Morgan fingerprint density at radius 3 is 2.35 bits per heavy atom. The first-order chi connectivity index (χ1) is 23.0. The van der Waals surface area contributed by atoms with Crippen molar-refractivity contribution in [2.24, 2.45) is 5.73 Å². The van der Waals surface area contributed by atoms with Crippen molar-refractivity contribution >= 4 is 34.8 Å². The number of rotatable bonds is 10. The van der Waals surface area contributed by atoms with E-state index in [1.807, 2.05) is 65.6 Å². The molecule has 4 aromatic rings. The summed E-state index contributed by atoms with van der Waals surface area (Å²) in [6, 6.07) is 19.8. The van der Waals surface area contributed by atoms with E-state index < -0.39 is 42.6 Å². The number of aliphatic hydroxyl groups excluding tert-OH is 1. The number of ether oxygens (including phenoxy) is 2. The minimum Gasteiger partial charge on any atom is -0.449 e. The Morgan fingerprint density at radius 2 is 1.77 bits per heavy atom. The van der Waals surface area contributed by atoms with Gasteiger partial charge in [-0.15, -0.1) is 0 Å². The highest BCUT2D eigenvalue weighted by molar-refractivity contribution is 5.85. The van der Waals surface area contributed by atoms with E-state index in [4.69, 9.17) is 20.4 Å². The molecule has 6 rings (SSSR count). The fourth-order valence-electron chi connectivity index (χ4n) is 6.01. The number of imidazole rings is 1. The molecule has 13 nitrogen and oxygen atoms in total. The number of alkyl halides is 3. The van der Waals surface area contributed by atoms with Crippen LogP contribution in [-0.4, -0.2) is 93.2 Å². The maximum absolute atomic E-state index is 13.1. The molecule has 5 atom stereocenters. The second-order valence-corrected chi connectivity index (χ2v) is 11.6. The van der Waals surface area contributed by atoms with E-state index in [0.717, 1.165) is 11.1 Å². The van der Waals surface area contributed by atoms with Gasteiger partial charge in [0.25, 0.3) is 5.91 Å². The lowest BCUT2D eigenvalue weighted by Gasteiger charge is -2.22. The Morgan fingerprint density at radius 1 is 1.10 bits per heavy atom. The summed E-state index contributed by atoms with van der Waals surface area (Å²) in [4.78, 5) is 40.5. The molecule has 5 N–H and O–H groups in total. The fraction of sp³-hybridized carbons (Fsp3) is 0.406. The topological polar surface area (TPSA) is 170 Å². The highest BCUT2D eigenvalue weighted by Crippen LogP contribution is 2.36. The van der Waals surface area contributed by atoms with Crippen molar-refractivity contribution in [1.29, 1.82) is 0 Å². The Bertz CT molecular complexity index is 1700. The number of halogens is 3. The normalized spacial score (nSPS) is 22.7. The van der Waals surface area contributed by atoms with Crippen LogP contribution in [0, 0.1) is 0 Å². The number of nitrogens with two attached hydrogens (primary N) is 1. The zero-order chi connectivity index (χ0) is 34.0. The van der Waals surface area contributed by atoms with Gasteiger partial charge >= 0.3 is 12.1 Å². The van der Waals surface area contributed by atoms with Crippen molar-refractivity contribution < 1.29 is 37.3 Å². The lowest BCUT2D eigenvalue weighted by molar-refractivity contribution is -0.209. The number of anilines is 2. The highest BCUT2D eigenvalue weighted by atomic mass is 19.4. The first-order valence-electron chi connectivity index (χ1n) is 15.5. The number of nitrogens with zero attached hydrogens (tertiary/aromatic N) is 5. The number of aromatic nitrogens is 4. The SMILES string of the molecule is CCNC(=O)C1OC(n2cnc3c(NCC(c4ccccc4)c4ccccc4)nc(N4CC[C@@H](N)C4)nc32)C(O)C1OC(=O)C(F)(F)F. The fourth-order valence-corrected chi connectivity index (χ4v) is 6.01. The predicted octanol–water partition coefficient (Wildman–Crippen LogP) is 2.48. The number of carbonyl (C=O) groups is 2. The van der Waals surface area contributed by atoms with Gasteiger partial charge < -0.3 is 35.8 Å². The van der Waals surface area contributed by atoms with Crippen LogP contribution in [0.15, 0.2) is 67.0 Å². The van der Waals surface area contributed by atoms with E-state index in [-0.39, 0.29) is 29.7 Å². The molecule has 16 heteroatoms. The molecule has 4 heterocycles. The van der Waals surface area contributed by atoms with Crippen LogP contribution < -0.4 is 21.3 Å². The number of carbonyl (C=O) groups excluding carboxylic acids is 2. The largest absolute Gasteiger partial charge is 0.490 e. The number of hydrogen-bond donors (Lipinski definition) is 4. The summed E-state index contributed by atoms with van der Waals surface area (Å²) in [7, 11) is 0. The summed E-state index contributed by atoms with van der Waals surface area (Å²) in [6.07, 6.45) is -10.5. The van der Waals surface area contributed by atoms with Gasteiger partial charge in [-0.3, -0.25) is 9.36 Å². The smallest absolute Gasteiger partial charge is 0.449 e. The third-order valence-corrected chi connectivity index (χ3v) is 8.37. The highest BCUT2D eigenvalue weighted by Gasteiger charge is 2.54. The maximum Gasteiger partial charge on any atom is 0.490 e. The van der Waals surface area contributed by atoms with Crippen LogP contribution in [-0.2, 0) is 19.1 Å². The van der Waals surface area contributed by atoms with Gasteiger partial charge in [0.15, 0.2) is 35.4 Å². The van der Waals surface area contributed by atoms with E-state index in [9.17, 15) is 27.9 Å². The average Bonchev–Trinajstić information content (AvgIpc) is 3.79. The molecule has 2 aliphatic heterocycles. The van der Waals surface area contributed by atoms with Crippen molar-refractivity contribution in [2.75, 3.05) is 36.4 Å². The quantitative estimate of drug-likeness (QED) is 0.183. The van der Waals surface area contributed by atoms with Crippen LogP contribution in [0.25, 0.3) is 11.2 Å². The Balaban J connectivity index is 1.38. The molecule has 0 bridgehead atoms. The van der Waals surface area contributed by atoms with E-state index in [1.54, 1.807) is 6.92 Å². The Labute approximate surface area is 273 Å². The van der Waals surface area contributed by atoms with Gasteiger partial charge in [-0.05, 0) is 24.5 Å². The van der Waals surface area contributed by atoms with Crippen molar-refractivity contribution in [2.45, 2.75) is 56.0 Å². The number of likely N-dealkylation sites (N-methyl/N-ethyl adjacent to an activating group) is 1. The van der Waals surface area contributed by atoms with Crippen molar-refractivity contribution in [3.63, 3.8) is 0 Å². The summed E-state index contributed by atoms with van der Waals surface area (Å²) in [5, 5.41) is 17.1. The van der Waals surface area contributed by atoms with Crippen molar-refractivity contribution in [3.8, 4) is 0 Å². The zero-order valence-corrected chi connectivity index (χ0v) is 25.9. The molecule has 2 aromatic carbocycles. The number of esters is 1. The molecule has 4 unspecified atom stereocenters. The van der Waals surface area contributed by atoms with Crippen LogP contribution in [0.5, 0.6) is 0 Å². The first kappa shape index (κ1) is 33.1. The van der Waals surface area contributed by atoms with Crippen LogP contribution in [0.3, 0.4) is 0 Å². The molecule has 254 valence electrons. The average molecular weight is 669 g/mol. The number of fused-ring (bicyclic) bond motifs is 1. The summed E-state index contributed by atoms with van der Waals surface area (Å²) in [5.74, 6) is -2.83. The molecule has 1 amide bonds. The summed E-state index contributed by atoms with van der Waals surface area (Å²) >= 11 is 0. The van der Waals surface area contributed by atoms with Crippen LogP contribution in [0.4, 0.5) is 24.9 Å². The first-order valence-corrected chi connectivity index (χ1v) is 15.5. The number of benzene rings is 2. The van der Waals surface area contributed by atoms with E-state index in [1.165, 1.54) is 10.9 Å². The molecule has 2 aromatic heterocycles. The van der Waals surface area contributed by atoms with Crippen LogP contribution in [0.2, 0.25) is 0 Å². The molecule has 0 radical (unpaired) electrons. The summed E-state index contributed by atoms with van der Waals surface area (Å²) < 4.78 is 51.1. The molecule has 0 saturated carbocycles. The number of nitrogens with one attached hydrogen (secondary N) is 2. The second kappa shape index (κ2) is 13.7. The number of aliphatic hydroxyl groups is 1. The van der Waals surface area contributed by atoms with Gasteiger partial charge in [-0.2, -0.15) is 23.1 Å². The standard InChI is InChI=1S/C32H35F3N8O5/c1-2-37-28(45)25-24(48-30(46)32(33,34)35)23(44)29(47-25)43-17-39-22-26(40-31(41-27(22)43)42-14-13-20(36)16-42)38-15-21(18-9-5-3-6-10-18)19-11-7-4-8-12-19/h3-12,17,20-21,23-25,29,44H,2,13-16,36H2,1H3,(H,37,45)(H,38,40,41)/t20-,23?,24?,25?,29?/m1/s1. The van der Waals surface area contributed by atoms with Crippen molar-refractivity contribution in [1.82, 2.24) is 24.8 Å². The minimum absolute atomic E-state index is 0.0786. The Kier molecular flexibility index (Phi) is 9.48. The van der Waals surface area contributed by atoms with Gasteiger partial charge in [0.2, 0.25) is 5.95 Å². The molecule has 2 fully saturated rings. The van der Waals surface area contributed by atoms with Gasteiger partial charge in [-0.1, -0.05) is 60.7 Å². The molecular weight excluding hydrogens is 633 g/mol. The second-order valence-electron chi connectivity index (χ2n) is 11.6. The molecule has 0 spiro atoms.